The molecule has 0 aliphatic heterocycles. The van der Waals surface area contributed by atoms with E-state index in [0.29, 0.717) is 6.42 Å². The number of amides is 1. The zero-order valence-electron chi connectivity index (χ0n) is 6.81. The largest absolute Gasteiger partial charge is 0.345 e. The van der Waals surface area contributed by atoms with Crippen molar-refractivity contribution in [1.82, 2.24) is 4.98 Å². The minimum Gasteiger partial charge on any atom is -0.302 e. The number of anilines is 1. The molecule has 0 saturated carbocycles. The van der Waals surface area contributed by atoms with Crippen LogP contribution in [0.2, 0.25) is 0 Å². The van der Waals surface area contributed by atoms with Crippen LogP contribution in [0.1, 0.15) is 13.3 Å². The molecule has 1 heterocycles. The van der Waals surface area contributed by atoms with Crippen molar-refractivity contribution in [3.8, 4) is 0 Å². The topological polar surface area (TPSA) is 85.1 Å². The van der Waals surface area contributed by atoms with Gasteiger partial charge in [0.1, 0.15) is 6.20 Å². The quantitative estimate of drug-likeness (QED) is 0.591. The molecular formula is C6H7N3O3S. The molecule has 0 fully saturated rings. The molecule has 0 saturated heterocycles. The van der Waals surface area contributed by atoms with Gasteiger partial charge >= 0.3 is 5.00 Å². The van der Waals surface area contributed by atoms with E-state index in [1.165, 1.54) is 0 Å². The van der Waals surface area contributed by atoms with E-state index in [4.69, 9.17) is 0 Å². The lowest BCUT2D eigenvalue weighted by molar-refractivity contribution is -0.380. The second kappa shape index (κ2) is 3.94. The molecule has 1 amide bonds. The lowest BCUT2D eigenvalue weighted by Gasteiger charge is -1.94. The maximum atomic E-state index is 10.8. The highest BCUT2D eigenvalue weighted by Gasteiger charge is 2.12. The first-order chi connectivity index (χ1) is 6.13. The van der Waals surface area contributed by atoms with Gasteiger partial charge in [-0.1, -0.05) is 6.92 Å². The molecule has 1 aromatic heterocycles. The third-order valence-electron chi connectivity index (χ3n) is 1.24. The summed E-state index contributed by atoms with van der Waals surface area (Å²) >= 11 is 0.843. The first-order valence-electron chi connectivity index (χ1n) is 3.53. The molecular weight excluding hydrogens is 194 g/mol. The van der Waals surface area contributed by atoms with Gasteiger partial charge in [-0.05, 0) is 11.3 Å². The molecule has 0 unspecified atom stereocenters. The van der Waals surface area contributed by atoms with E-state index in [2.05, 4.69) is 10.3 Å². The van der Waals surface area contributed by atoms with Crippen molar-refractivity contribution in [2.24, 2.45) is 0 Å². The summed E-state index contributed by atoms with van der Waals surface area (Å²) < 4.78 is 0. The van der Waals surface area contributed by atoms with Crippen molar-refractivity contribution in [3.63, 3.8) is 0 Å². The Morgan fingerprint density at radius 2 is 2.54 bits per heavy atom. The van der Waals surface area contributed by atoms with Gasteiger partial charge in [-0.2, -0.15) is 0 Å². The third kappa shape index (κ3) is 2.48. The van der Waals surface area contributed by atoms with Crippen LogP contribution in [0.25, 0.3) is 0 Å². The molecule has 6 nitrogen and oxygen atoms in total. The summed E-state index contributed by atoms with van der Waals surface area (Å²) in [5, 5.41) is 12.8. The molecule has 7 heteroatoms. The summed E-state index contributed by atoms with van der Waals surface area (Å²) in [6.45, 7) is 1.69. The van der Waals surface area contributed by atoms with Crippen LogP contribution in [0, 0.1) is 10.1 Å². The molecule has 0 radical (unpaired) electrons. The Morgan fingerprint density at radius 1 is 1.85 bits per heavy atom. The number of carbonyl (C=O) groups excluding carboxylic acids is 1. The molecule has 1 N–H and O–H groups in total. The highest BCUT2D eigenvalue weighted by Crippen LogP contribution is 2.24. The van der Waals surface area contributed by atoms with E-state index in [0.717, 1.165) is 17.5 Å². The van der Waals surface area contributed by atoms with E-state index in [9.17, 15) is 14.9 Å². The van der Waals surface area contributed by atoms with Crippen LogP contribution in [0.4, 0.5) is 10.1 Å². The lowest BCUT2D eigenvalue weighted by atomic mass is 10.5. The number of nitrogens with zero attached hydrogens (tertiary/aromatic N) is 2. The fourth-order valence-electron chi connectivity index (χ4n) is 0.615. The number of rotatable bonds is 3. The summed E-state index contributed by atoms with van der Waals surface area (Å²) in [7, 11) is 0. The Kier molecular flexibility index (Phi) is 2.91. The molecule has 0 bridgehead atoms. The Hall–Kier alpha value is -1.50. The predicted molar refractivity (Wildman–Crippen MR) is 47.7 cm³/mol. The third-order valence-corrected chi connectivity index (χ3v) is 2.11. The van der Waals surface area contributed by atoms with Gasteiger partial charge in [0.25, 0.3) is 0 Å². The van der Waals surface area contributed by atoms with E-state index in [1.807, 2.05) is 0 Å². The highest BCUT2D eigenvalue weighted by atomic mass is 32.1. The van der Waals surface area contributed by atoms with E-state index in [1.54, 1.807) is 6.92 Å². The Morgan fingerprint density at radius 3 is 3.00 bits per heavy atom. The molecule has 0 atom stereocenters. The smallest absolute Gasteiger partial charge is 0.302 e. The van der Waals surface area contributed by atoms with Crippen molar-refractivity contribution >= 4 is 27.4 Å². The summed E-state index contributed by atoms with van der Waals surface area (Å²) in [6, 6.07) is 0. The second-order valence-corrected chi connectivity index (χ2v) is 3.17. The minimum absolute atomic E-state index is 0.0774. The van der Waals surface area contributed by atoms with Gasteiger partial charge < -0.3 is 5.32 Å². The molecule has 0 spiro atoms. The molecule has 1 rings (SSSR count). The van der Waals surface area contributed by atoms with Crippen molar-refractivity contribution in [1.29, 1.82) is 0 Å². The summed E-state index contributed by atoms with van der Waals surface area (Å²) in [4.78, 5) is 24.2. The van der Waals surface area contributed by atoms with E-state index in [-0.39, 0.29) is 16.0 Å². The Balaban J connectivity index is 2.69. The Labute approximate surface area is 77.8 Å². The van der Waals surface area contributed by atoms with Crippen LogP contribution in [-0.2, 0) is 4.79 Å². The maximum Gasteiger partial charge on any atom is 0.345 e. The Bertz CT molecular complexity index is 336. The second-order valence-electron chi connectivity index (χ2n) is 2.16. The summed E-state index contributed by atoms with van der Waals surface area (Å²) in [5.74, 6) is -0.204. The van der Waals surface area contributed by atoms with Crippen molar-refractivity contribution in [2.45, 2.75) is 13.3 Å². The molecule has 0 aliphatic rings. The van der Waals surface area contributed by atoms with Crippen molar-refractivity contribution in [2.75, 3.05) is 5.32 Å². The van der Waals surface area contributed by atoms with Crippen LogP contribution in [-0.4, -0.2) is 15.8 Å². The van der Waals surface area contributed by atoms with Crippen LogP contribution in [0.15, 0.2) is 6.20 Å². The fourth-order valence-corrected chi connectivity index (χ4v) is 1.26. The first kappa shape index (κ1) is 9.59. The van der Waals surface area contributed by atoms with Gasteiger partial charge in [-0.25, -0.2) is 4.98 Å². The zero-order valence-corrected chi connectivity index (χ0v) is 7.63. The van der Waals surface area contributed by atoms with Gasteiger partial charge in [0.2, 0.25) is 5.91 Å². The molecule has 1 aromatic rings. The fraction of sp³-hybridized carbons (Fsp3) is 0.333. The van der Waals surface area contributed by atoms with Gasteiger partial charge in [0, 0.05) is 6.42 Å². The first-order valence-corrected chi connectivity index (χ1v) is 4.35. The molecule has 0 aromatic carbocycles. The minimum atomic E-state index is -0.542. The van der Waals surface area contributed by atoms with Crippen LogP contribution in [0.3, 0.4) is 0 Å². The predicted octanol–water partition coefficient (Wildman–Crippen LogP) is 1.40. The highest BCUT2D eigenvalue weighted by molar-refractivity contribution is 7.18. The zero-order chi connectivity index (χ0) is 9.84. The van der Waals surface area contributed by atoms with Gasteiger partial charge in [0.15, 0.2) is 5.13 Å². The number of hydrogen-bond donors (Lipinski definition) is 1. The van der Waals surface area contributed by atoms with Crippen LogP contribution >= 0.6 is 11.3 Å². The van der Waals surface area contributed by atoms with Crippen molar-refractivity contribution in [3.05, 3.63) is 16.3 Å². The number of nitrogens with one attached hydrogen (secondary N) is 1. The van der Waals surface area contributed by atoms with Gasteiger partial charge in [-0.3, -0.25) is 14.9 Å². The SMILES string of the molecule is CCC(=O)Nc1ncc([N+](=O)[O-])s1. The van der Waals surface area contributed by atoms with Gasteiger partial charge in [-0.15, -0.1) is 0 Å². The summed E-state index contributed by atoms with van der Waals surface area (Å²) in [5.41, 5.74) is 0. The van der Waals surface area contributed by atoms with Crippen LogP contribution in [0.5, 0.6) is 0 Å². The molecule has 0 aliphatic carbocycles. The lowest BCUT2D eigenvalue weighted by Crippen LogP contribution is -2.08. The number of aromatic nitrogens is 1. The van der Waals surface area contributed by atoms with Gasteiger partial charge in [0.05, 0.1) is 4.92 Å². The number of nitro groups is 1. The maximum absolute atomic E-state index is 10.8. The molecule has 13 heavy (non-hydrogen) atoms. The molecule has 70 valence electrons. The average molecular weight is 201 g/mol. The van der Waals surface area contributed by atoms with E-state index >= 15 is 0 Å². The van der Waals surface area contributed by atoms with Crippen LogP contribution < -0.4 is 5.32 Å². The standard InChI is InChI=1S/C6H7N3O3S/c1-2-4(10)8-6-7-3-5(13-6)9(11)12/h3H,2H2,1H3,(H,7,8,10). The monoisotopic (exact) mass is 201 g/mol. The normalized spacial score (nSPS) is 9.62. The van der Waals surface area contributed by atoms with Crippen molar-refractivity contribution < 1.29 is 9.72 Å². The number of carbonyl (C=O) groups is 1. The summed E-state index contributed by atoms with van der Waals surface area (Å²) in [6.07, 6.45) is 1.45. The number of thiazole rings is 1. The van der Waals surface area contributed by atoms with E-state index < -0.39 is 4.92 Å². The average Bonchev–Trinajstić information content (AvgIpc) is 2.52. The number of hydrogen-bond acceptors (Lipinski definition) is 5.